The van der Waals surface area contributed by atoms with Crippen LogP contribution in [0, 0.1) is 13.8 Å². The molecule has 0 spiro atoms. The quantitative estimate of drug-likeness (QED) is 0.722. The van der Waals surface area contributed by atoms with Crippen LogP contribution in [-0.4, -0.2) is 20.0 Å². The first-order valence-corrected chi connectivity index (χ1v) is 4.29. The van der Waals surface area contributed by atoms with Crippen molar-refractivity contribution < 1.29 is 0 Å². The molecule has 5 nitrogen and oxygen atoms in total. The highest BCUT2D eigenvalue weighted by atomic mass is 15.4. The molecule has 14 heavy (non-hydrogen) atoms. The maximum atomic E-state index is 5.50. The first-order valence-electron chi connectivity index (χ1n) is 4.29. The molecule has 2 aromatic rings. The highest BCUT2D eigenvalue weighted by Gasteiger charge is 2.07. The Morgan fingerprint density at radius 1 is 1.36 bits per heavy atom. The third kappa shape index (κ3) is 1.32. The Hall–Kier alpha value is -1.91. The van der Waals surface area contributed by atoms with E-state index in [4.69, 9.17) is 5.73 Å². The molecule has 2 heterocycles. The third-order valence-electron chi connectivity index (χ3n) is 2.05. The van der Waals surface area contributed by atoms with Gasteiger partial charge < -0.3 is 5.73 Å². The van der Waals surface area contributed by atoms with Gasteiger partial charge in [-0.25, -0.2) is 4.68 Å². The minimum absolute atomic E-state index is 0.410. The van der Waals surface area contributed by atoms with Crippen LogP contribution in [0.25, 0.3) is 5.69 Å². The van der Waals surface area contributed by atoms with E-state index in [9.17, 15) is 0 Å². The fourth-order valence-corrected chi connectivity index (χ4v) is 1.42. The number of nitrogen functional groups attached to an aromatic ring is 1. The average Bonchev–Trinajstić information content (AvgIpc) is 2.51. The second-order valence-electron chi connectivity index (χ2n) is 3.15. The number of rotatable bonds is 1. The van der Waals surface area contributed by atoms with Crippen LogP contribution < -0.4 is 5.73 Å². The number of anilines is 1. The second-order valence-corrected chi connectivity index (χ2v) is 3.15. The lowest BCUT2D eigenvalue weighted by atomic mass is 10.2. The molecule has 0 saturated carbocycles. The van der Waals surface area contributed by atoms with Crippen LogP contribution in [0.2, 0.25) is 0 Å². The molecule has 0 fully saturated rings. The summed E-state index contributed by atoms with van der Waals surface area (Å²) < 4.78 is 1.65. The predicted molar refractivity (Wildman–Crippen MR) is 53.0 cm³/mol. The summed E-state index contributed by atoms with van der Waals surface area (Å²) in [5, 5.41) is 7.65. The summed E-state index contributed by atoms with van der Waals surface area (Å²) in [5.74, 6) is 0.410. The number of pyridine rings is 1. The lowest BCUT2D eigenvalue weighted by molar-refractivity contribution is 0.788. The van der Waals surface area contributed by atoms with Gasteiger partial charge in [-0.2, -0.15) is 0 Å². The molecule has 0 radical (unpaired) electrons. The lowest BCUT2D eigenvalue weighted by Crippen LogP contribution is -2.02. The third-order valence-corrected chi connectivity index (χ3v) is 2.05. The van der Waals surface area contributed by atoms with Crippen molar-refractivity contribution in [3.63, 3.8) is 0 Å². The highest BCUT2D eigenvalue weighted by Crippen LogP contribution is 2.15. The SMILES string of the molecule is Cc1ccnc(C)c1-n1cc(N)nn1. The zero-order valence-corrected chi connectivity index (χ0v) is 8.10. The summed E-state index contributed by atoms with van der Waals surface area (Å²) in [6.07, 6.45) is 3.45. The van der Waals surface area contributed by atoms with Crippen LogP contribution in [0.4, 0.5) is 5.82 Å². The van der Waals surface area contributed by atoms with E-state index in [2.05, 4.69) is 15.3 Å². The van der Waals surface area contributed by atoms with Gasteiger partial charge in [-0.3, -0.25) is 4.98 Å². The summed E-state index contributed by atoms with van der Waals surface area (Å²) in [5.41, 5.74) is 8.45. The largest absolute Gasteiger partial charge is 0.381 e. The zero-order chi connectivity index (χ0) is 10.1. The number of nitrogens with two attached hydrogens (primary N) is 1. The number of aryl methyl sites for hydroxylation is 2. The van der Waals surface area contributed by atoms with Crippen molar-refractivity contribution in [2.45, 2.75) is 13.8 Å². The Bertz CT molecular complexity index is 440. The van der Waals surface area contributed by atoms with Crippen molar-refractivity contribution in [2.75, 3.05) is 5.73 Å². The smallest absolute Gasteiger partial charge is 0.166 e. The normalized spacial score (nSPS) is 10.4. The van der Waals surface area contributed by atoms with Crippen LogP contribution in [-0.2, 0) is 0 Å². The average molecular weight is 189 g/mol. The van der Waals surface area contributed by atoms with Crippen LogP contribution in [0.1, 0.15) is 11.3 Å². The molecular weight excluding hydrogens is 178 g/mol. The van der Waals surface area contributed by atoms with Gasteiger partial charge in [0.25, 0.3) is 0 Å². The van der Waals surface area contributed by atoms with Crippen molar-refractivity contribution in [1.82, 2.24) is 20.0 Å². The van der Waals surface area contributed by atoms with E-state index in [1.54, 1.807) is 17.1 Å². The monoisotopic (exact) mass is 189 g/mol. The molecule has 0 unspecified atom stereocenters. The molecule has 2 aromatic heterocycles. The van der Waals surface area contributed by atoms with E-state index in [-0.39, 0.29) is 0 Å². The Morgan fingerprint density at radius 2 is 2.14 bits per heavy atom. The summed E-state index contributed by atoms with van der Waals surface area (Å²) in [4.78, 5) is 4.20. The Balaban J connectivity index is 2.61. The van der Waals surface area contributed by atoms with E-state index in [0.29, 0.717) is 5.82 Å². The zero-order valence-electron chi connectivity index (χ0n) is 8.10. The molecule has 0 atom stereocenters. The molecule has 0 saturated heterocycles. The topological polar surface area (TPSA) is 69.6 Å². The van der Waals surface area contributed by atoms with E-state index >= 15 is 0 Å². The number of hydrogen-bond acceptors (Lipinski definition) is 4. The maximum Gasteiger partial charge on any atom is 0.166 e. The molecule has 2 rings (SSSR count). The van der Waals surface area contributed by atoms with Gasteiger partial charge in [0, 0.05) is 6.20 Å². The van der Waals surface area contributed by atoms with E-state index in [0.717, 1.165) is 16.9 Å². The molecule has 5 heteroatoms. The molecule has 0 aliphatic heterocycles. The summed E-state index contributed by atoms with van der Waals surface area (Å²) in [6, 6.07) is 1.93. The number of nitrogens with zero attached hydrogens (tertiary/aromatic N) is 4. The molecule has 0 aromatic carbocycles. The molecule has 0 bridgehead atoms. The van der Waals surface area contributed by atoms with Gasteiger partial charge in [-0.1, -0.05) is 5.21 Å². The van der Waals surface area contributed by atoms with Crippen molar-refractivity contribution in [2.24, 2.45) is 0 Å². The molecule has 0 amide bonds. The van der Waals surface area contributed by atoms with Crippen LogP contribution in [0.15, 0.2) is 18.5 Å². The molecular formula is C9H11N5. The Morgan fingerprint density at radius 3 is 2.71 bits per heavy atom. The summed E-state index contributed by atoms with van der Waals surface area (Å²) in [6.45, 7) is 3.93. The number of aromatic nitrogens is 4. The van der Waals surface area contributed by atoms with Gasteiger partial charge in [0.2, 0.25) is 0 Å². The fourth-order valence-electron chi connectivity index (χ4n) is 1.42. The van der Waals surface area contributed by atoms with Crippen molar-refractivity contribution >= 4 is 5.82 Å². The number of hydrogen-bond donors (Lipinski definition) is 1. The first kappa shape index (κ1) is 8.68. The second kappa shape index (κ2) is 3.10. The lowest BCUT2D eigenvalue weighted by Gasteiger charge is -2.06. The van der Waals surface area contributed by atoms with Crippen molar-refractivity contribution in [3.8, 4) is 5.69 Å². The molecule has 72 valence electrons. The van der Waals surface area contributed by atoms with Gasteiger partial charge in [0.15, 0.2) is 5.82 Å². The van der Waals surface area contributed by atoms with Gasteiger partial charge in [0.1, 0.15) is 0 Å². The minimum atomic E-state index is 0.410. The standard InChI is InChI=1S/C9H11N5/c1-6-3-4-11-7(2)9(6)14-5-8(10)12-13-14/h3-5H,10H2,1-2H3. The fraction of sp³-hybridized carbons (Fsp3) is 0.222. The molecule has 2 N–H and O–H groups in total. The predicted octanol–water partition coefficient (Wildman–Crippen LogP) is 0.861. The van der Waals surface area contributed by atoms with Crippen molar-refractivity contribution in [1.29, 1.82) is 0 Å². The van der Waals surface area contributed by atoms with Crippen LogP contribution in [0.3, 0.4) is 0 Å². The Labute approximate surface area is 81.6 Å². The van der Waals surface area contributed by atoms with Gasteiger partial charge in [-0.15, -0.1) is 5.10 Å². The van der Waals surface area contributed by atoms with Crippen molar-refractivity contribution in [3.05, 3.63) is 29.7 Å². The van der Waals surface area contributed by atoms with E-state index in [1.165, 1.54) is 0 Å². The van der Waals surface area contributed by atoms with Gasteiger partial charge in [-0.05, 0) is 25.5 Å². The van der Waals surface area contributed by atoms with Gasteiger partial charge >= 0.3 is 0 Å². The van der Waals surface area contributed by atoms with E-state index in [1.807, 2.05) is 19.9 Å². The summed E-state index contributed by atoms with van der Waals surface area (Å²) in [7, 11) is 0. The Kier molecular flexibility index (Phi) is 1.92. The maximum absolute atomic E-state index is 5.50. The first-order chi connectivity index (χ1) is 6.68. The van der Waals surface area contributed by atoms with Crippen LogP contribution in [0.5, 0.6) is 0 Å². The molecule has 0 aliphatic rings. The molecule has 0 aliphatic carbocycles. The van der Waals surface area contributed by atoms with E-state index < -0.39 is 0 Å². The van der Waals surface area contributed by atoms with Gasteiger partial charge in [0.05, 0.1) is 17.6 Å². The van der Waals surface area contributed by atoms with Crippen LogP contribution >= 0.6 is 0 Å². The minimum Gasteiger partial charge on any atom is -0.381 e. The summed E-state index contributed by atoms with van der Waals surface area (Å²) >= 11 is 0. The highest BCUT2D eigenvalue weighted by molar-refractivity contribution is 5.43.